The van der Waals surface area contributed by atoms with E-state index in [1.165, 1.54) is 22.6 Å². The molecule has 0 bridgehead atoms. The van der Waals surface area contributed by atoms with Crippen LogP contribution < -0.4 is 5.32 Å². The van der Waals surface area contributed by atoms with Crippen LogP contribution in [0, 0.1) is 9.39 Å². The van der Waals surface area contributed by atoms with Crippen molar-refractivity contribution < 1.29 is 26.7 Å². The highest BCUT2D eigenvalue weighted by molar-refractivity contribution is 14.1. The first kappa shape index (κ1) is 14.1. The average Bonchev–Trinajstić information content (AvgIpc) is 2.24. The summed E-state index contributed by atoms with van der Waals surface area (Å²) in [5.74, 6) is -7.73. The Hall–Kier alpha value is -0.930. The number of nitrogens with one attached hydrogen (secondary N) is 1. The Labute approximate surface area is 106 Å². The molecule has 0 aromatic heterocycles. The summed E-state index contributed by atoms with van der Waals surface area (Å²) >= 11 is 1.46. The first-order chi connectivity index (χ1) is 7.76. The maximum absolute atomic E-state index is 13.0. The molecular weight excluding hydrogens is 360 g/mol. The van der Waals surface area contributed by atoms with E-state index in [1.807, 2.05) is 0 Å². The second kappa shape index (κ2) is 5.15. The van der Waals surface area contributed by atoms with Gasteiger partial charge in [-0.25, -0.2) is 13.2 Å². The third-order valence-corrected chi connectivity index (χ3v) is 2.87. The van der Waals surface area contributed by atoms with Crippen LogP contribution in [0.3, 0.4) is 0 Å². The van der Waals surface area contributed by atoms with Crippen molar-refractivity contribution in [3.63, 3.8) is 0 Å². The van der Waals surface area contributed by atoms with Gasteiger partial charge in [-0.15, -0.1) is 0 Å². The number of amides is 1. The van der Waals surface area contributed by atoms with Crippen molar-refractivity contribution in [2.24, 2.45) is 0 Å². The fraction of sp³-hybridized carbons (Fsp3) is 0.222. The number of carbonyl (C=O) groups excluding carboxylic acids is 1. The number of anilines is 1. The van der Waals surface area contributed by atoms with Crippen molar-refractivity contribution in [2.45, 2.75) is 12.3 Å². The summed E-state index contributed by atoms with van der Waals surface area (Å²) in [4.78, 5) is 10.9. The Kier molecular flexibility index (Phi) is 4.28. The molecule has 0 saturated heterocycles. The fourth-order valence-corrected chi connectivity index (χ4v) is 1.40. The number of hydrogen-bond donors (Lipinski definition) is 1. The van der Waals surface area contributed by atoms with Gasteiger partial charge in [0.2, 0.25) is 0 Å². The van der Waals surface area contributed by atoms with Crippen molar-refractivity contribution >= 4 is 34.2 Å². The molecule has 2 nitrogen and oxygen atoms in total. The summed E-state index contributed by atoms with van der Waals surface area (Å²) in [5.41, 5.74) is -0.282. The van der Waals surface area contributed by atoms with Crippen LogP contribution in [0.25, 0.3) is 0 Å². The van der Waals surface area contributed by atoms with Crippen LogP contribution in [0.4, 0.5) is 27.6 Å². The molecule has 1 rings (SSSR count). The zero-order chi connectivity index (χ0) is 13.2. The summed E-state index contributed by atoms with van der Waals surface area (Å²) in [5, 5.41) is 1.56. The molecule has 0 atom stereocenters. The van der Waals surface area contributed by atoms with Gasteiger partial charge in [-0.2, -0.15) is 8.78 Å². The molecule has 0 fully saturated rings. The third kappa shape index (κ3) is 3.05. The summed E-state index contributed by atoms with van der Waals surface area (Å²) in [7, 11) is 0. The van der Waals surface area contributed by atoms with Crippen LogP contribution in [0.1, 0.15) is 0 Å². The van der Waals surface area contributed by atoms with E-state index in [0.29, 0.717) is 0 Å². The van der Waals surface area contributed by atoms with E-state index in [0.717, 1.165) is 18.2 Å². The Morgan fingerprint density at radius 3 is 2.47 bits per heavy atom. The van der Waals surface area contributed by atoms with Crippen molar-refractivity contribution in [2.75, 3.05) is 5.32 Å². The van der Waals surface area contributed by atoms with Crippen LogP contribution in [0.5, 0.6) is 0 Å². The lowest BCUT2D eigenvalue weighted by Crippen LogP contribution is -2.41. The Bertz CT molecular complexity index is 437. The highest BCUT2D eigenvalue weighted by Gasteiger charge is 2.49. The monoisotopic (exact) mass is 365 g/mol. The van der Waals surface area contributed by atoms with Crippen molar-refractivity contribution in [1.29, 1.82) is 0 Å². The van der Waals surface area contributed by atoms with E-state index in [-0.39, 0.29) is 9.26 Å². The summed E-state index contributed by atoms with van der Waals surface area (Å²) < 4.78 is 61.8. The van der Waals surface area contributed by atoms with E-state index >= 15 is 0 Å². The second-order valence-electron chi connectivity index (χ2n) is 2.98. The van der Waals surface area contributed by atoms with Crippen LogP contribution >= 0.6 is 22.6 Å². The number of benzene rings is 1. The quantitative estimate of drug-likeness (QED) is 0.647. The summed E-state index contributed by atoms with van der Waals surface area (Å²) in [6.07, 6.45) is -4.12. The van der Waals surface area contributed by atoms with Gasteiger partial charge in [0.1, 0.15) is 5.82 Å². The lowest BCUT2D eigenvalue weighted by atomic mass is 10.2. The molecule has 0 radical (unpaired) electrons. The highest BCUT2D eigenvalue weighted by atomic mass is 127. The van der Waals surface area contributed by atoms with E-state index < -0.39 is 24.1 Å². The molecule has 1 N–H and O–H groups in total. The van der Waals surface area contributed by atoms with Gasteiger partial charge in [0.05, 0.1) is 9.26 Å². The van der Waals surface area contributed by atoms with Crippen LogP contribution in [-0.2, 0) is 4.79 Å². The molecule has 94 valence electrons. The second-order valence-corrected chi connectivity index (χ2v) is 4.06. The van der Waals surface area contributed by atoms with E-state index in [1.54, 1.807) is 5.32 Å². The molecule has 1 aromatic rings. The predicted molar refractivity (Wildman–Crippen MR) is 58.7 cm³/mol. The Morgan fingerprint density at radius 1 is 1.35 bits per heavy atom. The molecule has 0 heterocycles. The molecule has 0 aliphatic carbocycles. The number of halogens is 6. The van der Waals surface area contributed by atoms with Gasteiger partial charge in [-0.05, 0) is 34.7 Å². The highest BCUT2D eigenvalue weighted by Crippen LogP contribution is 2.27. The van der Waals surface area contributed by atoms with Gasteiger partial charge >= 0.3 is 18.3 Å². The van der Waals surface area contributed by atoms with Crippen molar-refractivity contribution in [3.05, 3.63) is 27.6 Å². The molecule has 0 saturated carbocycles. The molecule has 17 heavy (non-hydrogen) atoms. The smallest absolute Gasteiger partial charge is 0.320 e. The topological polar surface area (TPSA) is 29.1 Å². The maximum Gasteiger partial charge on any atom is 0.383 e. The predicted octanol–water partition coefficient (Wildman–Crippen LogP) is 3.27. The first-order valence-electron chi connectivity index (χ1n) is 4.18. The average molecular weight is 365 g/mol. The number of carbonyl (C=O) groups is 1. The van der Waals surface area contributed by atoms with Gasteiger partial charge in [0, 0.05) is 0 Å². The molecule has 1 aromatic carbocycles. The van der Waals surface area contributed by atoms with Gasteiger partial charge < -0.3 is 5.32 Å². The van der Waals surface area contributed by atoms with Crippen LogP contribution in [0.15, 0.2) is 18.2 Å². The third-order valence-electron chi connectivity index (χ3n) is 1.78. The standard InChI is InChI=1S/C9H5F5INO/c10-4-2-1-3-5(6(4)15)16-8(17)9(13,14)7(11)12/h1-3,7H,(H,16,17). The normalized spacial score (nSPS) is 11.7. The van der Waals surface area contributed by atoms with E-state index in [2.05, 4.69) is 0 Å². The van der Waals surface area contributed by atoms with Crippen molar-refractivity contribution in [1.82, 2.24) is 0 Å². The van der Waals surface area contributed by atoms with Crippen molar-refractivity contribution in [3.8, 4) is 0 Å². The fourth-order valence-electron chi connectivity index (χ4n) is 0.905. The minimum atomic E-state index is -4.81. The SMILES string of the molecule is O=C(Nc1cccc(F)c1I)C(F)(F)C(F)F. The lowest BCUT2D eigenvalue weighted by molar-refractivity contribution is -0.163. The van der Waals surface area contributed by atoms with Crippen LogP contribution in [0.2, 0.25) is 0 Å². The molecule has 0 aliphatic rings. The van der Waals surface area contributed by atoms with Gasteiger partial charge in [0.25, 0.3) is 0 Å². The number of hydrogen-bond acceptors (Lipinski definition) is 1. The zero-order valence-corrected chi connectivity index (χ0v) is 10.1. The molecule has 0 spiro atoms. The summed E-state index contributed by atoms with van der Waals surface area (Å²) in [6, 6.07) is 3.33. The molecule has 1 amide bonds. The largest absolute Gasteiger partial charge is 0.383 e. The minimum absolute atomic E-state index is 0.136. The molecular formula is C9H5F5INO. The molecule has 0 unspecified atom stereocenters. The first-order valence-corrected chi connectivity index (χ1v) is 5.26. The van der Waals surface area contributed by atoms with Crippen LogP contribution in [-0.4, -0.2) is 18.3 Å². The van der Waals surface area contributed by atoms with E-state index in [9.17, 15) is 26.7 Å². The maximum atomic E-state index is 13.0. The van der Waals surface area contributed by atoms with Gasteiger partial charge in [0.15, 0.2) is 0 Å². The van der Waals surface area contributed by atoms with Gasteiger partial charge in [-0.1, -0.05) is 6.07 Å². The Balaban J connectivity index is 2.93. The molecule has 8 heteroatoms. The number of alkyl halides is 4. The summed E-state index contributed by atoms with van der Waals surface area (Å²) in [6.45, 7) is 0. The van der Waals surface area contributed by atoms with E-state index in [4.69, 9.17) is 0 Å². The number of rotatable bonds is 3. The molecule has 0 aliphatic heterocycles. The zero-order valence-electron chi connectivity index (χ0n) is 7.99. The van der Waals surface area contributed by atoms with Gasteiger partial charge in [-0.3, -0.25) is 4.79 Å². The Morgan fingerprint density at radius 2 is 1.94 bits per heavy atom. The lowest BCUT2D eigenvalue weighted by Gasteiger charge is -2.15. The minimum Gasteiger partial charge on any atom is -0.320 e.